The number of hydrogen-bond donors (Lipinski definition) is 0. The Morgan fingerprint density at radius 1 is 0.164 bits per heavy atom. The molecule has 28 rings (SSSR count). The SMILES string of the molecule is c1ccc(-c2nc3c(ccc4ccccc43)nc2-c2ccccc2-c2cccc3ccc4oc5ccccc5c4c23)cc1.c1ccc(-c2nc3ccccc3nc2-c2ccccc2-c2cccc3ccc4oc5ccccc5c4c23)cc1.c1ccc(-n2c3ccccc3c3cccc(-c4nc5ccccc5nc4-c4ccccc4-c4cccc5ccc6oc7ccccc7c6c45)c32)cc1. The Balaban J connectivity index is 0.000000106. The smallest absolute Gasteiger partial charge is 0.136 e. The van der Waals surface area contributed by atoms with E-state index in [1.165, 1.54) is 37.7 Å². The van der Waals surface area contributed by atoms with Crippen molar-refractivity contribution in [3.8, 4) is 107 Å². The van der Waals surface area contributed by atoms with Crippen LogP contribution < -0.4 is 0 Å². The number of rotatable bonds is 10. The molecule has 0 N–H and O–H groups in total. The van der Waals surface area contributed by atoms with Crippen molar-refractivity contribution < 1.29 is 13.3 Å². The van der Waals surface area contributed by atoms with E-state index in [9.17, 15) is 0 Å². The van der Waals surface area contributed by atoms with Crippen molar-refractivity contribution in [1.82, 2.24) is 34.5 Å². The van der Waals surface area contributed by atoms with Crippen molar-refractivity contribution in [2.24, 2.45) is 0 Å². The van der Waals surface area contributed by atoms with E-state index in [1.807, 2.05) is 97.1 Å². The van der Waals surface area contributed by atoms with Crippen LogP contribution in [0.25, 0.3) is 270 Å². The lowest BCUT2D eigenvalue weighted by Crippen LogP contribution is -2.00. The van der Waals surface area contributed by atoms with Gasteiger partial charge < -0.3 is 17.8 Å². The van der Waals surface area contributed by atoms with Gasteiger partial charge in [0.25, 0.3) is 0 Å². The van der Waals surface area contributed by atoms with Crippen molar-refractivity contribution in [3.05, 3.63) is 455 Å². The van der Waals surface area contributed by atoms with Gasteiger partial charge in [0.1, 0.15) is 33.5 Å². The number of hydrogen-bond acceptors (Lipinski definition) is 9. The molecule has 0 saturated carbocycles. The number of nitrogens with zero attached hydrogens (tertiary/aromatic N) is 7. The molecular weight excluding hydrogens is 1640 g/mol. The molecule has 0 unspecified atom stereocenters. The van der Waals surface area contributed by atoms with E-state index in [2.05, 4.69) is 362 Å². The molecule has 21 aromatic carbocycles. The van der Waals surface area contributed by atoms with E-state index >= 15 is 0 Å². The predicted molar refractivity (Wildman–Crippen MR) is 554 cm³/mol. The average molecular weight is 1710 g/mol. The minimum Gasteiger partial charge on any atom is -0.456 e. The summed E-state index contributed by atoms with van der Waals surface area (Å²) in [5.41, 5.74) is 32.1. The number of para-hydroxylation sites is 10. The van der Waals surface area contributed by atoms with Crippen LogP contribution in [-0.4, -0.2) is 34.5 Å². The number of aromatic nitrogens is 7. The molecule has 28 aromatic rings. The first-order chi connectivity index (χ1) is 66.5. The predicted octanol–water partition coefficient (Wildman–Crippen LogP) is 33.3. The molecule has 10 heteroatoms. The largest absolute Gasteiger partial charge is 0.456 e. The monoisotopic (exact) mass is 1710 g/mol. The van der Waals surface area contributed by atoms with Gasteiger partial charge in [0.2, 0.25) is 0 Å². The van der Waals surface area contributed by atoms with E-state index in [0.29, 0.717) is 0 Å². The Bertz CT molecular complexity index is 9610. The van der Waals surface area contributed by atoms with Crippen molar-refractivity contribution in [2.75, 3.05) is 0 Å². The summed E-state index contributed by atoms with van der Waals surface area (Å²) in [7, 11) is 0. The Hall–Kier alpha value is -18.1. The Labute approximate surface area is 767 Å². The highest BCUT2D eigenvalue weighted by molar-refractivity contribution is 6.27. The van der Waals surface area contributed by atoms with Crippen LogP contribution in [-0.2, 0) is 0 Å². The summed E-state index contributed by atoms with van der Waals surface area (Å²) in [5, 5.41) is 18.4. The van der Waals surface area contributed by atoms with Crippen LogP contribution >= 0.6 is 0 Å². The minimum atomic E-state index is 0.841. The molecule has 0 aliphatic rings. The number of benzene rings is 21. The molecule has 0 atom stereocenters. The van der Waals surface area contributed by atoms with Crippen LogP contribution in [0.4, 0.5) is 0 Å². The molecule has 134 heavy (non-hydrogen) atoms. The highest BCUT2D eigenvalue weighted by Gasteiger charge is 2.28. The van der Waals surface area contributed by atoms with E-state index in [4.69, 9.17) is 43.2 Å². The first kappa shape index (κ1) is 77.1. The molecule has 0 bridgehead atoms. The van der Waals surface area contributed by atoms with Gasteiger partial charge in [-0.05, 0) is 140 Å². The van der Waals surface area contributed by atoms with Crippen molar-refractivity contribution in [1.29, 1.82) is 0 Å². The first-order valence-corrected chi connectivity index (χ1v) is 45.2. The second-order valence-electron chi connectivity index (χ2n) is 34.0. The van der Waals surface area contributed by atoms with Crippen molar-refractivity contribution in [3.63, 3.8) is 0 Å². The molecule has 0 aliphatic heterocycles. The third-order valence-corrected chi connectivity index (χ3v) is 26.3. The molecule has 7 aromatic heterocycles. The number of furan rings is 3. The highest BCUT2D eigenvalue weighted by Crippen LogP contribution is 2.51. The van der Waals surface area contributed by atoms with Crippen LogP contribution in [0.1, 0.15) is 0 Å². The van der Waals surface area contributed by atoms with Gasteiger partial charge in [0, 0.05) is 104 Å². The Kier molecular flexibility index (Phi) is 18.4. The van der Waals surface area contributed by atoms with Crippen molar-refractivity contribution in [2.45, 2.75) is 0 Å². The van der Waals surface area contributed by atoms with Gasteiger partial charge in [0.05, 0.1) is 78.3 Å². The van der Waals surface area contributed by atoms with Crippen LogP contribution in [0.3, 0.4) is 0 Å². The van der Waals surface area contributed by atoms with Gasteiger partial charge in [-0.15, -0.1) is 0 Å². The minimum absolute atomic E-state index is 0.841. The summed E-state index contributed by atoms with van der Waals surface area (Å²) in [6.07, 6.45) is 0. The van der Waals surface area contributed by atoms with E-state index in [-0.39, 0.29) is 0 Å². The van der Waals surface area contributed by atoms with Gasteiger partial charge >= 0.3 is 0 Å². The normalized spacial score (nSPS) is 11.7. The molecule has 0 amide bonds. The van der Waals surface area contributed by atoms with Crippen LogP contribution in [0.15, 0.2) is 468 Å². The standard InChI is InChI=1S/C48H29N3O.C40H24N2O.C36H22N2O/c1-2-15-31(16-3-1)51-41-26-10-6-18-33(41)36-22-13-23-38(48(36)51)47-46(49-39-24-8-9-25-40(39)50-47)35-19-5-4-17-32(35)34-21-12-14-30-28-29-43-45(44(30)34)37-20-7-11-27-42(37)52-43;1-2-12-27(13-3-1)38-40(41-33-23-21-25-11-4-5-15-28(25)39(33)42-38)31-17-7-6-16-29(31)30-19-10-14-26-22-24-35-37(36(26)30)32-18-8-9-20-34(32)43-35;1-2-11-24(12-3-1)35-36(38-30-19-8-7-18-29(30)37-35)27-15-5-4-14-25(27)26-17-10-13-23-21-22-32-34(33(23)26)28-16-6-9-20-31(28)39-32/h1-29H;1-24H;1-22H. The fourth-order valence-electron chi connectivity index (χ4n) is 20.4. The summed E-state index contributed by atoms with van der Waals surface area (Å²) in [5.74, 6) is 0. The van der Waals surface area contributed by atoms with E-state index in [0.717, 1.165) is 233 Å². The molecule has 0 aliphatic carbocycles. The lowest BCUT2D eigenvalue weighted by molar-refractivity contribution is 0.669. The summed E-state index contributed by atoms with van der Waals surface area (Å²) in [6.45, 7) is 0. The average Bonchev–Trinajstić information content (AvgIpc) is 1.58. The Morgan fingerprint density at radius 3 is 0.933 bits per heavy atom. The molecule has 624 valence electrons. The molecule has 0 spiro atoms. The maximum absolute atomic E-state index is 6.38. The molecule has 7 heterocycles. The fraction of sp³-hybridized carbons (Fsp3) is 0. The van der Waals surface area contributed by atoms with E-state index in [1.54, 1.807) is 0 Å². The zero-order chi connectivity index (χ0) is 88.3. The molecule has 10 nitrogen and oxygen atoms in total. The lowest BCUT2D eigenvalue weighted by Gasteiger charge is -2.17. The van der Waals surface area contributed by atoms with Crippen molar-refractivity contribution >= 4 is 164 Å². The lowest BCUT2D eigenvalue weighted by atomic mass is 9.90. The third-order valence-electron chi connectivity index (χ3n) is 26.3. The third kappa shape index (κ3) is 12.9. The van der Waals surface area contributed by atoms with Gasteiger partial charge in [-0.2, -0.15) is 0 Å². The summed E-state index contributed by atoms with van der Waals surface area (Å²) in [6, 6.07) is 158. The van der Waals surface area contributed by atoms with E-state index < -0.39 is 0 Å². The van der Waals surface area contributed by atoms with Crippen LogP contribution in [0.5, 0.6) is 0 Å². The van der Waals surface area contributed by atoms with Gasteiger partial charge in [0.15, 0.2) is 0 Å². The summed E-state index contributed by atoms with van der Waals surface area (Å²) >= 11 is 0. The zero-order valence-electron chi connectivity index (χ0n) is 72.2. The zero-order valence-corrected chi connectivity index (χ0v) is 72.2. The molecule has 0 fully saturated rings. The van der Waals surface area contributed by atoms with Crippen LogP contribution in [0.2, 0.25) is 0 Å². The molecule has 0 saturated heterocycles. The quantitative estimate of drug-likeness (QED) is 0.123. The highest BCUT2D eigenvalue weighted by atomic mass is 16.3. The summed E-state index contributed by atoms with van der Waals surface area (Å²) in [4.78, 5) is 32.0. The van der Waals surface area contributed by atoms with Crippen LogP contribution in [0, 0.1) is 0 Å². The second kappa shape index (κ2) is 32.0. The fourth-order valence-corrected chi connectivity index (χ4v) is 20.4. The first-order valence-electron chi connectivity index (χ1n) is 45.2. The maximum Gasteiger partial charge on any atom is 0.136 e. The van der Waals surface area contributed by atoms with Gasteiger partial charge in [-0.1, -0.05) is 370 Å². The Morgan fingerprint density at radius 2 is 0.470 bits per heavy atom. The second-order valence-corrected chi connectivity index (χ2v) is 34.0. The molecule has 0 radical (unpaired) electrons. The topological polar surface area (TPSA) is 122 Å². The number of fused-ring (bicyclic) bond motifs is 23. The maximum atomic E-state index is 6.38. The summed E-state index contributed by atoms with van der Waals surface area (Å²) < 4.78 is 21.3. The van der Waals surface area contributed by atoms with Gasteiger partial charge in [-0.3, -0.25) is 0 Å². The molecular formula is C124H75N7O3. The van der Waals surface area contributed by atoms with Gasteiger partial charge in [-0.25, -0.2) is 29.9 Å².